The molecule has 5 aromatic rings. The van der Waals surface area contributed by atoms with Gasteiger partial charge < -0.3 is 19.1 Å². The van der Waals surface area contributed by atoms with Gasteiger partial charge in [0.25, 0.3) is 0 Å². The summed E-state index contributed by atoms with van der Waals surface area (Å²) in [5, 5.41) is 9.51. The summed E-state index contributed by atoms with van der Waals surface area (Å²) in [6, 6.07) is 20.1. The quantitative estimate of drug-likeness (QED) is 0.178. The zero-order valence-electron chi connectivity index (χ0n) is 23.4. The van der Waals surface area contributed by atoms with Crippen LogP contribution in [0.25, 0.3) is 22.3 Å². The van der Waals surface area contributed by atoms with E-state index in [9.17, 15) is 27.5 Å². The van der Waals surface area contributed by atoms with E-state index >= 15 is 0 Å². The Bertz CT molecular complexity index is 1810. The van der Waals surface area contributed by atoms with Gasteiger partial charge in [0.1, 0.15) is 18.2 Å². The van der Waals surface area contributed by atoms with Crippen molar-refractivity contribution >= 4 is 17.0 Å². The summed E-state index contributed by atoms with van der Waals surface area (Å²) in [6.07, 6.45) is -2.16. The molecule has 0 radical (unpaired) electrons. The number of imidazole rings is 1. The highest BCUT2D eigenvalue weighted by Crippen LogP contribution is 2.31. The Balaban J connectivity index is 1.18. The van der Waals surface area contributed by atoms with E-state index in [0.29, 0.717) is 31.3 Å². The molecule has 1 atom stereocenters. The van der Waals surface area contributed by atoms with Crippen molar-refractivity contribution < 1.29 is 36.9 Å². The number of carbonyl (C=O) groups is 1. The Hall–Kier alpha value is -4.77. The van der Waals surface area contributed by atoms with Crippen LogP contribution in [0.15, 0.2) is 78.9 Å². The van der Waals surface area contributed by atoms with Crippen molar-refractivity contribution in [2.24, 2.45) is 0 Å². The molecule has 7 nitrogen and oxygen atoms in total. The third-order valence-electron chi connectivity index (χ3n) is 7.58. The van der Waals surface area contributed by atoms with Crippen LogP contribution in [0, 0.1) is 5.82 Å². The molecule has 1 saturated heterocycles. The minimum Gasteiger partial charge on any atom is -0.478 e. The van der Waals surface area contributed by atoms with Crippen LogP contribution in [-0.2, 0) is 30.5 Å². The number of aromatic carboxylic acids is 1. The van der Waals surface area contributed by atoms with Crippen LogP contribution in [0.4, 0.5) is 17.6 Å². The number of carboxylic acids is 1. The molecule has 6 rings (SSSR count). The first-order chi connectivity index (χ1) is 21.1. The second-order valence-corrected chi connectivity index (χ2v) is 10.6. The fraction of sp³-hybridized carbons (Fsp3) is 0.242. The number of pyridine rings is 1. The van der Waals surface area contributed by atoms with Gasteiger partial charge >= 0.3 is 12.1 Å². The summed E-state index contributed by atoms with van der Waals surface area (Å²) in [7, 11) is 0. The Morgan fingerprint density at radius 2 is 1.84 bits per heavy atom. The average molecular weight is 606 g/mol. The highest BCUT2D eigenvalue weighted by molar-refractivity contribution is 5.92. The van der Waals surface area contributed by atoms with Crippen molar-refractivity contribution in [1.29, 1.82) is 0 Å². The topological polar surface area (TPSA) is 86.5 Å². The lowest BCUT2D eigenvalue weighted by Gasteiger charge is -2.14. The van der Waals surface area contributed by atoms with Gasteiger partial charge in [-0.2, -0.15) is 13.2 Å². The maximum atomic E-state index is 14.2. The lowest BCUT2D eigenvalue weighted by molar-refractivity contribution is -0.137. The van der Waals surface area contributed by atoms with Crippen molar-refractivity contribution in [2.45, 2.75) is 44.7 Å². The van der Waals surface area contributed by atoms with Crippen molar-refractivity contribution in [3.05, 3.63) is 113 Å². The Morgan fingerprint density at radius 1 is 1.02 bits per heavy atom. The van der Waals surface area contributed by atoms with Crippen molar-refractivity contribution in [1.82, 2.24) is 14.5 Å². The highest BCUT2D eigenvalue weighted by Gasteiger charge is 2.31. The Kier molecular flexibility index (Phi) is 8.05. The number of hydrogen-bond acceptors (Lipinski definition) is 5. The van der Waals surface area contributed by atoms with Crippen LogP contribution in [0.2, 0.25) is 0 Å². The number of benzene rings is 3. The Morgan fingerprint density at radius 3 is 2.55 bits per heavy atom. The minimum atomic E-state index is -4.63. The molecule has 44 heavy (non-hydrogen) atoms. The number of alkyl halides is 3. The second-order valence-electron chi connectivity index (χ2n) is 10.6. The predicted molar refractivity (Wildman–Crippen MR) is 154 cm³/mol. The van der Waals surface area contributed by atoms with Gasteiger partial charge in [-0.25, -0.2) is 19.2 Å². The second kappa shape index (κ2) is 12.1. The molecule has 1 aliphatic rings. The van der Waals surface area contributed by atoms with E-state index in [1.165, 1.54) is 0 Å². The van der Waals surface area contributed by atoms with Crippen molar-refractivity contribution in [3.8, 4) is 17.1 Å². The zero-order valence-corrected chi connectivity index (χ0v) is 23.4. The van der Waals surface area contributed by atoms with Crippen molar-refractivity contribution in [3.63, 3.8) is 0 Å². The largest absolute Gasteiger partial charge is 0.478 e. The number of ether oxygens (including phenoxy) is 2. The van der Waals surface area contributed by atoms with Gasteiger partial charge in [-0.1, -0.05) is 36.4 Å². The van der Waals surface area contributed by atoms with E-state index in [1.54, 1.807) is 36.4 Å². The van der Waals surface area contributed by atoms with Crippen LogP contribution in [0.1, 0.15) is 45.7 Å². The van der Waals surface area contributed by atoms with E-state index in [2.05, 4.69) is 4.98 Å². The van der Waals surface area contributed by atoms with E-state index in [1.807, 2.05) is 28.8 Å². The fourth-order valence-corrected chi connectivity index (χ4v) is 5.26. The predicted octanol–water partition coefficient (Wildman–Crippen LogP) is 7.30. The summed E-state index contributed by atoms with van der Waals surface area (Å²) >= 11 is 0. The van der Waals surface area contributed by atoms with Crippen LogP contribution in [-0.4, -0.2) is 38.3 Å². The van der Waals surface area contributed by atoms with Gasteiger partial charge in [-0.15, -0.1) is 0 Å². The summed E-state index contributed by atoms with van der Waals surface area (Å²) in [5.41, 5.74) is 2.99. The molecule has 1 aliphatic heterocycles. The summed E-state index contributed by atoms with van der Waals surface area (Å²) in [5.74, 6) is -0.994. The number of aromatic nitrogens is 3. The highest BCUT2D eigenvalue weighted by atomic mass is 19.4. The summed E-state index contributed by atoms with van der Waals surface area (Å²) < 4.78 is 66.2. The standard InChI is InChI=1S/C33H27F4N3O4/c34-26-17-24(33(35,36)37)12-10-23(26)19-44-31-5-1-4-27(39-31)21-8-6-20(7-9-21)15-30-38-28-13-11-22(32(41)42)16-29(28)40(30)18-25-3-2-14-43-25/h1,4-13,16-17,25H,2-3,14-15,18-19H2,(H,41,42). The minimum absolute atomic E-state index is 0.0146. The van der Waals surface area contributed by atoms with Gasteiger partial charge in [-0.05, 0) is 54.8 Å². The van der Waals surface area contributed by atoms with Gasteiger partial charge in [0, 0.05) is 30.2 Å². The molecule has 0 bridgehead atoms. The third-order valence-corrected chi connectivity index (χ3v) is 7.58. The molecule has 0 spiro atoms. The van der Waals surface area contributed by atoms with Crippen LogP contribution < -0.4 is 4.74 Å². The monoisotopic (exact) mass is 605 g/mol. The average Bonchev–Trinajstić information content (AvgIpc) is 3.64. The first-order valence-electron chi connectivity index (χ1n) is 14.0. The number of hydrogen-bond donors (Lipinski definition) is 1. The summed E-state index contributed by atoms with van der Waals surface area (Å²) in [6.45, 7) is 1.01. The lowest BCUT2D eigenvalue weighted by Crippen LogP contribution is -2.17. The third kappa shape index (κ3) is 6.42. The molecular formula is C33H27F4N3O4. The van der Waals surface area contributed by atoms with E-state index in [4.69, 9.17) is 14.5 Å². The van der Waals surface area contributed by atoms with Crippen LogP contribution in [0.3, 0.4) is 0 Å². The lowest BCUT2D eigenvalue weighted by atomic mass is 10.1. The number of carboxylic acid groups (broad SMARTS) is 1. The summed E-state index contributed by atoms with van der Waals surface area (Å²) in [4.78, 5) is 20.9. The Labute approximate surface area is 249 Å². The molecule has 1 N–H and O–H groups in total. The van der Waals surface area contributed by atoms with Gasteiger partial charge in [0.2, 0.25) is 5.88 Å². The molecule has 2 aromatic heterocycles. The molecule has 1 unspecified atom stereocenters. The maximum absolute atomic E-state index is 14.2. The normalized spacial score (nSPS) is 15.1. The number of fused-ring (bicyclic) bond motifs is 1. The van der Waals surface area contributed by atoms with Crippen LogP contribution >= 0.6 is 0 Å². The smallest absolute Gasteiger partial charge is 0.416 e. The molecule has 0 amide bonds. The first kappa shape index (κ1) is 29.3. The first-order valence-corrected chi connectivity index (χ1v) is 14.0. The van der Waals surface area contributed by atoms with E-state index in [0.717, 1.165) is 53.0 Å². The van der Waals surface area contributed by atoms with Crippen LogP contribution in [0.5, 0.6) is 5.88 Å². The van der Waals surface area contributed by atoms with E-state index in [-0.39, 0.29) is 29.7 Å². The SMILES string of the molecule is O=C(O)c1ccc2nc(Cc3ccc(-c4cccc(OCc5ccc(C(F)(F)F)cc5F)n4)cc3)n(CC3CCCO3)c2c1. The van der Waals surface area contributed by atoms with E-state index < -0.39 is 23.5 Å². The molecule has 0 saturated carbocycles. The number of rotatable bonds is 9. The fourth-order valence-electron chi connectivity index (χ4n) is 5.26. The molecular weight excluding hydrogens is 578 g/mol. The molecule has 226 valence electrons. The molecule has 1 fully saturated rings. The number of halogens is 4. The van der Waals surface area contributed by atoms with Gasteiger partial charge in [-0.3, -0.25) is 0 Å². The molecule has 11 heteroatoms. The maximum Gasteiger partial charge on any atom is 0.416 e. The molecule has 3 heterocycles. The number of nitrogens with zero attached hydrogens (tertiary/aromatic N) is 3. The van der Waals surface area contributed by atoms with Crippen molar-refractivity contribution in [2.75, 3.05) is 6.61 Å². The van der Waals surface area contributed by atoms with Gasteiger partial charge in [0.15, 0.2) is 0 Å². The zero-order chi connectivity index (χ0) is 30.8. The van der Waals surface area contributed by atoms with Gasteiger partial charge in [0.05, 0.1) is 40.5 Å². The molecule has 0 aliphatic carbocycles. The molecule has 3 aromatic carbocycles.